The maximum atomic E-state index is 11.6. The Kier molecular flexibility index (Phi) is 3.79. The quantitative estimate of drug-likeness (QED) is 0.724. The highest BCUT2D eigenvalue weighted by Crippen LogP contribution is 2.31. The summed E-state index contributed by atoms with van der Waals surface area (Å²) in [4.78, 5) is 16.2. The number of hydrogen-bond acceptors (Lipinski definition) is 3. The summed E-state index contributed by atoms with van der Waals surface area (Å²) in [5, 5.41) is 3.79. The first-order chi connectivity index (χ1) is 10.3. The van der Waals surface area contributed by atoms with Gasteiger partial charge in [-0.15, -0.1) is 11.3 Å². The molecule has 0 bridgehead atoms. The van der Waals surface area contributed by atoms with Crippen LogP contribution < -0.4 is 5.32 Å². The average molecular weight is 294 g/mol. The molecule has 0 aliphatic carbocycles. The first-order valence-electron chi connectivity index (χ1n) is 6.66. The third-order valence-corrected chi connectivity index (χ3v) is 4.07. The van der Waals surface area contributed by atoms with Crippen LogP contribution in [0, 0.1) is 0 Å². The number of anilines is 1. The molecule has 0 unspecified atom stereocenters. The average Bonchev–Trinajstić information content (AvgIpc) is 2.91. The lowest BCUT2D eigenvalue weighted by Crippen LogP contribution is -2.07. The second-order valence-electron chi connectivity index (χ2n) is 4.56. The van der Waals surface area contributed by atoms with Crippen LogP contribution in [0.5, 0.6) is 0 Å². The number of nitrogens with zero attached hydrogens (tertiary/aromatic N) is 1. The third-order valence-electron chi connectivity index (χ3n) is 2.99. The van der Waals surface area contributed by atoms with Crippen LogP contribution in [-0.2, 0) is 4.79 Å². The van der Waals surface area contributed by atoms with Crippen molar-refractivity contribution in [2.75, 3.05) is 5.32 Å². The molecule has 21 heavy (non-hydrogen) atoms. The maximum Gasteiger partial charge on any atom is 0.248 e. The summed E-state index contributed by atoms with van der Waals surface area (Å²) in [7, 11) is 0. The minimum absolute atomic E-state index is 0.126. The second kappa shape index (κ2) is 5.89. The number of carbonyl (C=O) groups excluding carboxylic acids is 1. The Labute approximate surface area is 127 Å². The standard InChI is InChI=1S/C17H14N2OS/c1-2-6-16(20)18-13-8-5-7-12(11-13)17-19-14-9-3-4-10-15(14)21-17/h2-11H,1H3,(H,18,20)/b6-2+. The highest BCUT2D eigenvalue weighted by molar-refractivity contribution is 7.21. The van der Waals surface area contributed by atoms with Gasteiger partial charge in [-0.25, -0.2) is 4.98 Å². The van der Waals surface area contributed by atoms with Crippen molar-refractivity contribution < 1.29 is 4.79 Å². The molecular weight excluding hydrogens is 280 g/mol. The fourth-order valence-corrected chi connectivity index (χ4v) is 3.02. The lowest BCUT2D eigenvalue weighted by Gasteiger charge is -2.03. The molecule has 3 rings (SSSR count). The van der Waals surface area contributed by atoms with Gasteiger partial charge in [0.05, 0.1) is 10.2 Å². The number of nitrogens with one attached hydrogen (secondary N) is 1. The van der Waals surface area contributed by atoms with E-state index in [1.54, 1.807) is 17.4 Å². The number of thiazole rings is 1. The van der Waals surface area contributed by atoms with Gasteiger partial charge >= 0.3 is 0 Å². The molecule has 0 aliphatic rings. The lowest BCUT2D eigenvalue weighted by molar-refractivity contribution is -0.111. The molecule has 1 amide bonds. The number of benzene rings is 2. The van der Waals surface area contributed by atoms with Gasteiger partial charge in [-0.05, 0) is 37.3 Å². The molecule has 3 aromatic rings. The van der Waals surface area contributed by atoms with Crippen LogP contribution in [0.1, 0.15) is 6.92 Å². The Morgan fingerprint density at radius 3 is 2.86 bits per heavy atom. The van der Waals surface area contributed by atoms with E-state index in [4.69, 9.17) is 0 Å². The fraction of sp³-hybridized carbons (Fsp3) is 0.0588. The van der Waals surface area contributed by atoms with Gasteiger partial charge in [0.1, 0.15) is 5.01 Å². The lowest BCUT2D eigenvalue weighted by atomic mass is 10.2. The van der Waals surface area contributed by atoms with Crippen molar-refractivity contribution in [3.8, 4) is 10.6 Å². The topological polar surface area (TPSA) is 42.0 Å². The number of amides is 1. The molecule has 0 saturated heterocycles. The predicted molar refractivity (Wildman–Crippen MR) is 88.5 cm³/mol. The minimum atomic E-state index is -0.126. The maximum absolute atomic E-state index is 11.6. The number of allylic oxidation sites excluding steroid dienone is 1. The van der Waals surface area contributed by atoms with Crippen LogP contribution in [-0.4, -0.2) is 10.9 Å². The molecule has 0 spiro atoms. The molecule has 0 saturated carbocycles. The van der Waals surface area contributed by atoms with E-state index >= 15 is 0 Å². The number of aromatic nitrogens is 1. The summed E-state index contributed by atoms with van der Waals surface area (Å²) in [6.07, 6.45) is 3.22. The van der Waals surface area contributed by atoms with Gasteiger partial charge in [0, 0.05) is 11.3 Å². The monoisotopic (exact) mass is 294 g/mol. The zero-order valence-electron chi connectivity index (χ0n) is 11.5. The van der Waals surface area contributed by atoms with Crippen LogP contribution in [0.2, 0.25) is 0 Å². The second-order valence-corrected chi connectivity index (χ2v) is 5.59. The Balaban J connectivity index is 1.93. The van der Waals surface area contributed by atoms with Crippen LogP contribution in [0.4, 0.5) is 5.69 Å². The molecule has 3 nitrogen and oxygen atoms in total. The zero-order valence-corrected chi connectivity index (χ0v) is 12.4. The fourth-order valence-electron chi connectivity index (χ4n) is 2.06. The Bertz CT molecular complexity index is 787. The van der Waals surface area contributed by atoms with Crippen molar-refractivity contribution in [1.82, 2.24) is 4.98 Å². The van der Waals surface area contributed by atoms with Crippen LogP contribution in [0.25, 0.3) is 20.8 Å². The van der Waals surface area contributed by atoms with E-state index in [9.17, 15) is 4.79 Å². The van der Waals surface area contributed by atoms with E-state index in [0.717, 1.165) is 26.5 Å². The molecule has 0 radical (unpaired) electrons. The number of carbonyl (C=O) groups is 1. The summed E-state index contributed by atoms with van der Waals surface area (Å²) in [5.41, 5.74) is 2.78. The summed E-state index contributed by atoms with van der Waals surface area (Å²) < 4.78 is 1.16. The van der Waals surface area contributed by atoms with Crippen molar-refractivity contribution in [3.05, 3.63) is 60.7 Å². The molecule has 0 atom stereocenters. The largest absolute Gasteiger partial charge is 0.323 e. The Morgan fingerprint density at radius 1 is 1.19 bits per heavy atom. The van der Waals surface area contributed by atoms with Gasteiger partial charge in [0.25, 0.3) is 0 Å². The van der Waals surface area contributed by atoms with Crippen LogP contribution >= 0.6 is 11.3 Å². The molecule has 1 heterocycles. The molecule has 0 fully saturated rings. The Hall–Kier alpha value is -2.46. The SMILES string of the molecule is C/C=C/C(=O)Nc1cccc(-c2nc3ccccc3s2)c1. The number of rotatable bonds is 3. The van der Waals surface area contributed by atoms with Gasteiger partial charge in [0.15, 0.2) is 0 Å². The van der Waals surface area contributed by atoms with E-state index in [0.29, 0.717) is 0 Å². The van der Waals surface area contributed by atoms with Crippen molar-refractivity contribution in [2.24, 2.45) is 0 Å². The van der Waals surface area contributed by atoms with Crippen LogP contribution in [0.15, 0.2) is 60.7 Å². The molecular formula is C17H14N2OS. The molecule has 1 aromatic heterocycles. The normalized spacial score (nSPS) is 11.1. The summed E-state index contributed by atoms with van der Waals surface area (Å²) in [6, 6.07) is 15.8. The third kappa shape index (κ3) is 3.01. The summed E-state index contributed by atoms with van der Waals surface area (Å²) >= 11 is 1.65. The highest BCUT2D eigenvalue weighted by Gasteiger charge is 2.07. The number of para-hydroxylation sites is 1. The van der Waals surface area contributed by atoms with Crippen molar-refractivity contribution in [1.29, 1.82) is 0 Å². The molecule has 104 valence electrons. The Morgan fingerprint density at radius 2 is 2.05 bits per heavy atom. The van der Waals surface area contributed by atoms with Gasteiger partial charge in [0.2, 0.25) is 5.91 Å². The summed E-state index contributed by atoms with van der Waals surface area (Å²) in [6.45, 7) is 1.82. The zero-order chi connectivity index (χ0) is 14.7. The van der Waals surface area contributed by atoms with Gasteiger partial charge in [-0.3, -0.25) is 4.79 Å². The van der Waals surface area contributed by atoms with Crippen molar-refractivity contribution in [2.45, 2.75) is 6.92 Å². The molecule has 1 N–H and O–H groups in total. The molecule has 4 heteroatoms. The first-order valence-corrected chi connectivity index (χ1v) is 7.47. The number of fused-ring (bicyclic) bond motifs is 1. The minimum Gasteiger partial charge on any atom is -0.323 e. The van der Waals surface area contributed by atoms with E-state index in [1.807, 2.05) is 49.4 Å². The van der Waals surface area contributed by atoms with Gasteiger partial charge in [-0.1, -0.05) is 30.3 Å². The van der Waals surface area contributed by atoms with Crippen molar-refractivity contribution in [3.63, 3.8) is 0 Å². The predicted octanol–water partition coefficient (Wildman–Crippen LogP) is 4.48. The highest BCUT2D eigenvalue weighted by atomic mass is 32.1. The van der Waals surface area contributed by atoms with Crippen molar-refractivity contribution >= 4 is 33.1 Å². The van der Waals surface area contributed by atoms with E-state index in [2.05, 4.69) is 16.4 Å². The first kappa shape index (κ1) is 13.5. The molecule has 2 aromatic carbocycles. The molecule has 0 aliphatic heterocycles. The van der Waals surface area contributed by atoms with E-state index < -0.39 is 0 Å². The van der Waals surface area contributed by atoms with Gasteiger partial charge < -0.3 is 5.32 Å². The summed E-state index contributed by atoms with van der Waals surface area (Å²) in [5.74, 6) is -0.126. The number of hydrogen-bond donors (Lipinski definition) is 1. The van der Waals surface area contributed by atoms with Gasteiger partial charge in [-0.2, -0.15) is 0 Å². The smallest absolute Gasteiger partial charge is 0.248 e. The van der Waals surface area contributed by atoms with E-state index in [1.165, 1.54) is 6.08 Å². The van der Waals surface area contributed by atoms with E-state index in [-0.39, 0.29) is 5.91 Å². The van der Waals surface area contributed by atoms with Crippen LogP contribution in [0.3, 0.4) is 0 Å².